The largest absolute Gasteiger partial charge is 0.384 e. The van der Waals surface area contributed by atoms with E-state index in [1.807, 2.05) is 20.8 Å². The molecule has 0 bridgehead atoms. The van der Waals surface area contributed by atoms with Crippen molar-refractivity contribution >= 4 is 17.6 Å². The number of rotatable bonds is 8. The van der Waals surface area contributed by atoms with Crippen molar-refractivity contribution in [2.75, 3.05) is 12.3 Å². The van der Waals surface area contributed by atoms with E-state index in [-0.39, 0.29) is 42.5 Å². The number of aromatic nitrogens is 2. The van der Waals surface area contributed by atoms with Crippen LogP contribution in [0.5, 0.6) is 0 Å². The summed E-state index contributed by atoms with van der Waals surface area (Å²) in [5, 5.41) is 10.2. The Bertz CT molecular complexity index is 643. The van der Waals surface area contributed by atoms with Gasteiger partial charge < -0.3 is 21.1 Å². The van der Waals surface area contributed by atoms with E-state index in [4.69, 9.17) is 10.5 Å². The van der Waals surface area contributed by atoms with Crippen molar-refractivity contribution in [1.29, 1.82) is 0 Å². The molecular weight excluding hydrogens is 346 g/mol. The van der Waals surface area contributed by atoms with E-state index >= 15 is 0 Å². The SMILES string of the molecule is CCCO[C@@H]1CC[C@H](C(=O)NC(C)C)C[C@H]1NC(=O)Cn1nc(C)cc1N. The van der Waals surface area contributed by atoms with E-state index in [0.717, 1.165) is 25.0 Å². The lowest BCUT2D eigenvalue weighted by atomic mass is 9.83. The van der Waals surface area contributed by atoms with Crippen LogP contribution in [0.25, 0.3) is 0 Å². The highest BCUT2D eigenvalue weighted by Crippen LogP contribution is 2.27. The highest BCUT2D eigenvalue weighted by atomic mass is 16.5. The first-order valence-electron chi connectivity index (χ1n) is 9.81. The van der Waals surface area contributed by atoms with E-state index in [1.54, 1.807) is 6.07 Å². The van der Waals surface area contributed by atoms with Gasteiger partial charge in [0, 0.05) is 24.6 Å². The summed E-state index contributed by atoms with van der Waals surface area (Å²) < 4.78 is 7.42. The molecule has 1 aromatic heterocycles. The lowest BCUT2D eigenvalue weighted by Crippen LogP contribution is -2.51. The molecular formula is C19H33N5O3. The predicted molar refractivity (Wildman–Crippen MR) is 104 cm³/mol. The monoisotopic (exact) mass is 379 g/mol. The summed E-state index contributed by atoms with van der Waals surface area (Å²) in [5.74, 6) is 0.213. The molecule has 1 aromatic rings. The number of carbonyl (C=O) groups is 2. The Labute approximate surface area is 161 Å². The maximum atomic E-state index is 12.5. The molecule has 152 valence electrons. The number of hydrogen-bond acceptors (Lipinski definition) is 5. The van der Waals surface area contributed by atoms with Gasteiger partial charge in [-0.25, -0.2) is 4.68 Å². The maximum Gasteiger partial charge on any atom is 0.242 e. The van der Waals surface area contributed by atoms with Crippen LogP contribution >= 0.6 is 0 Å². The summed E-state index contributed by atoms with van der Waals surface area (Å²) in [5.41, 5.74) is 6.64. The number of amides is 2. The molecule has 0 unspecified atom stereocenters. The number of ether oxygens (including phenoxy) is 1. The molecule has 1 saturated carbocycles. The van der Waals surface area contributed by atoms with Gasteiger partial charge in [0.1, 0.15) is 12.4 Å². The van der Waals surface area contributed by atoms with Crippen LogP contribution in [0.3, 0.4) is 0 Å². The average Bonchev–Trinajstić information content (AvgIpc) is 2.90. The molecule has 0 saturated heterocycles. The number of aryl methyl sites for hydroxylation is 1. The number of nitrogens with two attached hydrogens (primary N) is 1. The lowest BCUT2D eigenvalue weighted by Gasteiger charge is -2.36. The van der Waals surface area contributed by atoms with E-state index in [1.165, 1.54) is 4.68 Å². The fraction of sp³-hybridized carbons (Fsp3) is 0.737. The van der Waals surface area contributed by atoms with E-state index in [9.17, 15) is 9.59 Å². The predicted octanol–water partition coefficient (Wildman–Crippen LogP) is 1.38. The molecule has 0 radical (unpaired) electrons. The normalized spacial score (nSPS) is 22.6. The fourth-order valence-corrected chi connectivity index (χ4v) is 3.48. The molecule has 2 rings (SSSR count). The van der Waals surface area contributed by atoms with Crippen molar-refractivity contribution in [3.8, 4) is 0 Å². The van der Waals surface area contributed by atoms with Crippen molar-refractivity contribution in [3.05, 3.63) is 11.8 Å². The minimum Gasteiger partial charge on any atom is -0.384 e. The Morgan fingerprint density at radius 2 is 2.15 bits per heavy atom. The fourth-order valence-electron chi connectivity index (χ4n) is 3.48. The summed E-state index contributed by atoms with van der Waals surface area (Å²) in [4.78, 5) is 24.9. The van der Waals surface area contributed by atoms with Gasteiger partial charge in [-0.05, 0) is 46.5 Å². The van der Waals surface area contributed by atoms with Crippen LogP contribution in [0.4, 0.5) is 5.82 Å². The van der Waals surface area contributed by atoms with Crippen molar-refractivity contribution in [2.24, 2.45) is 5.92 Å². The lowest BCUT2D eigenvalue weighted by molar-refractivity contribution is -0.131. The molecule has 0 aliphatic heterocycles. The molecule has 8 heteroatoms. The topological polar surface area (TPSA) is 111 Å². The molecule has 1 heterocycles. The molecule has 1 aliphatic carbocycles. The van der Waals surface area contributed by atoms with Gasteiger partial charge >= 0.3 is 0 Å². The Hall–Kier alpha value is -2.09. The zero-order valence-electron chi connectivity index (χ0n) is 16.8. The summed E-state index contributed by atoms with van der Waals surface area (Å²) in [6.07, 6.45) is 2.94. The number of nitrogens with one attached hydrogen (secondary N) is 2. The first kappa shape index (κ1) is 21.2. The third-order valence-corrected chi connectivity index (χ3v) is 4.70. The van der Waals surface area contributed by atoms with Crippen LogP contribution in [0, 0.1) is 12.8 Å². The smallest absolute Gasteiger partial charge is 0.242 e. The third kappa shape index (κ3) is 6.23. The maximum absolute atomic E-state index is 12.5. The zero-order valence-corrected chi connectivity index (χ0v) is 16.8. The third-order valence-electron chi connectivity index (χ3n) is 4.70. The molecule has 4 N–H and O–H groups in total. The highest BCUT2D eigenvalue weighted by Gasteiger charge is 2.35. The molecule has 8 nitrogen and oxygen atoms in total. The number of anilines is 1. The molecule has 1 fully saturated rings. The standard InChI is InChI=1S/C19H33N5O3/c1-5-8-27-16-7-6-14(19(26)21-12(2)3)10-15(16)22-18(25)11-24-17(20)9-13(4)23-24/h9,12,14-16H,5-8,10-11,20H2,1-4H3,(H,21,26)(H,22,25)/t14-,15+,16+/m0/s1. The van der Waals surface area contributed by atoms with Crippen LogP contribution in [0.1, 0.15) is 52.1 Å². The molecule has 27 heavy (non-hydrogen) atoms. The molecule has 2 amide bonds. The number of nitrogen functional groups attached to an aromatic ring is 1. The summed E-state index contributed by atoms with van der Waals surface area (Å²) in [6.45, 7) is 8.48. The Balaban J connectivity index is 2.01. The van der Waals surface area contributed by atoms with Crippen LogP contribution in [0.2, 0.25) is 0 Å². The minimum absolute atomic E-state index is 0.0464. The van der Waals surface area contributed by atoms with Crippen molar-refractivity contribution in [3.63, 3.8) is 0 Å². The Kier molecular flexibility index (Phi) is 7.65. The van der Waals surface area contributed by atoms with Crippen molar-refractivity contribution in [2.45, 2.75) is 78.1 Å². The summed E-state index contributed by atoms with van der Waals surface area (Å²) in [6, 6.07) is 1.64. The molecule has 1 aliphatic rings. The number of hydrogen-bond donors (Lipinski definition) is 3. The molecule has 3 atom stereocenters. The summed E-state index contributed by atoms with van der Waals surface area (Å²) >= 11 is 0. The Morgan fingerprint density at radius 1 is 1.41 bits per heavy atom. The first-order valence-corrected chi connectivity index (χ1v) is 9.81. The van der Waals surface area contributed by atoms with Gasteiger partial charge in [0.2, 0.25) is 11.8 Å². The minimum atomic E-state index is -0.196. The zero-order chi connectivity index (χ0) is 20.0. The van der Waals surface area contributed by atoms with E-state index in [2.05, 4.69) is 22.7 Å². The molecule has 0 aromatic carbocycles. The van der Waals surface area contributed by atoms with Crippen LogP contribution in [-0.4, -0.2) is 46.4 Å². The van der Waals surface area contributed by atoms with Gasteiger partial charge in [-0.15, -0.1) is 0 Å². The van der Waals surface area contributed by atoms with Crippen molar-refractivity contribution in [1.82, 2.24) is 20.4 Å². The van der Waals surface area contributed by atoms with Gasteiger partial charge in [0.25, 0.3) is 0 Å². The number of carbonyl (C=O) groups excluding carboxylic acids is 2. The summed E-state index contributed by atoms with van der Waals surface area (Å²) in [7, 11) is 0. The first-order chi connectivity index (χ1) is 12.8. The second-order valence-corrected chi connectivity index (χ2v) is 7.62. The second-order valence-electron chi connectivity index (χ2n) is 7.62. The van der Waals surface area contributed by atoms with Gasteiger partial charge in [-0.2, -0.15) is 5.10 Å². The van der Waals surface area contributed by atoms with Crippen LogP contribution in [-0.2, 0) is 20.9 Å². The van der Waals surface area contributed by atoms with Gasteiger partial charge in [0.05, 0.1) is 17.8 Å². The number of nitrogens with zero attached hydrogens (tertiary/aromatic N) is 2. The van der Waals surface area contributed by atoms with Gasteiger partial charge in [0.15, 0.2) is 0 Å². The van der Waals surface area contributed by atoms with Crippen LogP contribution < -0.4 is 16.4 Å². The van der Waals surface area contributed by atoms with Gasteiger partial charge in [-0.1, -0.05) is 6.92 Å². The van der Waals surface area contributed by atoms with Crippen LogP contribution in [0.15, 0.2) is 6.07 Å². The van der Waals surface area contributed by atoms with Gasteiger partial charge in [-0.3, -0.25) is 9.59 Å². The highest BCUT2D eigenvalue weighted by molar-refractivity contribution is 5.79. The van der Waals surface area contributed by atoms with E-state index in [0.29, 0.717) is 18.8 Å². The average molecular weight is 380 g/mol. The quantitative estimate of drug-likeness (QED) is 0.632. The van der Waals surface area contributed by atoms with Crippen molar-refractivity contribution < 1.29 is 14.3 Å². The molecule has 0 spiro atoms. The second kappa shape index (κ2) is 9.73. The Morgan fingerprint density at radius 3 is 2.74 bits per heavy atom. The van der Waals surface area contributed by atoms with E-state index < -0.39 is 0 Å².